The molecule has 0 aromatic heterocycles. The molecule has 0 rings (SSSR count). The molecule has 86 valence electrons. The van der Waals surface area contributed by atoms with E-state index >= 15 is 0 Å². The highest BCUT2D eigenvalue weighted by atomic mass is 16.2. The third kappa shape index (κ3) is 13.9. The largest absolute Gasteiger partial charge is 0.396 e. The summed E-state index contributed by atoms with van der Waals surface area (Å²) in [6.07, 6.45) is 10.6. The lowest BCUT2D eigenvalue weighted by atomic mass is 10.1. The SMILES string of the molecule is CCC/C(C)=C/C=C/CCCO.NN.[HH]. The topological polar surface area (TPSA) is 72.3 Å². The van der Waals surface area contributed by atoms with Crippen LogP contribution in [0.25, 0.3) is 0 Å². The van der Waals surface area contributed by atoms with Gasteiger partial charge in [-0.3, -0.25) is 11.7 Å². The second-order valence-electron chi connectivity index (χ2n) is 3.06. The fourth-order valence-electron chi connectivity index (χ4n) is 1.02. The summed E-state index contributed by atoms with van der Waals surface area (Å²) in [6, 6.07) is 0. The van der Waals surface area contributed by atoms with Crippen LogP contribution >= 0.6 is 0 Å². The van der Waals surface area contributed by atoms with Crippen LogP contribution in [0.5, 0.6) is 0 Å². The maximum atomic E-state index is 8.51. The minimum absolute atomic E-state index is 0. The van der Waals surface area contributed by atoms with E-state index in [1.165, 1.54) is 18.4 Å². The molecule has 0 aliphatic heterocycles. The van der Waals surface area contributed by atoms with E-state index in [1.54, 1.807) is 0 Å². The Hall–Kier alpha value is -0.640. The van der Waals surface area contributed by atoms with Crippen LogP contribution in [0.1, 0.15) is 41.0 Å². The summed E-state index contributed by atoms with van der Waals surface area (Å²) >= 11 is 0. The fraction of sp³-hybridized carbons (Fsp3) is 0.636. The number of rotatable bonds is 6. The standard InChI is InChI=1S/C11H20O.H4N2.H2/c1-3-8-11(2)9-6-4-5-7-10-12;1-2;/h4,6,9,12H,3,5,7-8,10H2,1-2H3;1-2H2;1H/b6-4+,11-9+;;. The Kier molecular flexibility index (Phi) is 16.8. The van der Waals surface area contributed by atoms with Crippen molar-refractivity contribution >= 4 is 0 Å². The zero-order chi connectivity index (χ0) is 11.2. The van der Waals surface area contributed by atoms with Crippen LogP contribution < -0.4 is 11.7 Å². The summed E-state index contributed by atoms with van der Waals surface area (Å²) in [5.41, 5.74) is 1.43. The van der Waals surface area contributed by atoms with Crippen molar-refractivity contribution < 1.29 is 6.53 Å². The van der Waals surface area contributed by atoms with E-state index in [0.29, 0.717) is 6.61 Å². The molecule has 3 nitrogen and oxygen atoms in total. The number of nitrogens with two attached hydrogens (primary N) is 2. The van der Waals surface area contributed by atoms with Crippen molar-refractivity contribution in [1.82, 2.24) is 0 Å². The van der Waals surface area contributed by atoms with Gasteiger partial charge in [0.15, 0.2) is 0 Å². The summed E-state index contributed by atoms with van der Waals surface area (Å²) < 4.78 is 0. The van der Waals surface area contributed by atoms with Crippen molar-refractivity contribution in [3.05, 3.63) is 23.8 Å². The molecule has 0 aromatic carbocycles. The van der Waals surface area contributed by atoms with E-state index in [0.717, 1.165) is 12.8 Å². The zero-order valence-electron chi connectivity index (χ0n) is 9.37. The van der Waals surface area contributed by atoms with E-state index in [1.807, 2.05) is 0 Å². The number of hydrogen-bond acceptors (Lipinski definition) is 3. The van der Waals surface area contributed by atoms with Crippen LogP contribution in [-0.4, -0.2) is 11.7 Å². The highest BCUT2D eigenvalue weighted by molar-refractivity contribution is 5.10. The maximum Gasteiger partial charge on any atom is 0.0433 e. The van der Waals surface area contributed by atoms with Gasteiger partial charge in [0, 0.05) is 8.03 Å². The number of aliphatic hydroxyl groups is 1. The minimum atomic E-state index is 0. The van der Waals surface area contributed by atoms with Crippen LogP contribution in [0.2, 0.25) is 0 Å². The monoisotopic (exact) mass is 202 g/mol. The molecule has 3 heteroatoms. The molecule has 0 fully saturated rings. The lowest BCUT2D eigenvalue weighted by Gasteiger charge is -1.93. The summed E-state index contributed by atoms with van der Waals surface area (Å²) in [7, 11) is 0. The molecule has 0 spiro atoms. The van der Waals surface area contributed by atoms with Gasteiger partial charge in [-0.25, -0.2) is 0 Å². The predicted octanol–water partition coefficient (Wildman–Crippen LogP) is 2.13. The first-order valence-corrected chi connectivity index (χ1v) is 5.07. The molecule has 0 saturated carbocycles. The normalized spacial score (nSPS) is 11.4. The fourth-order valence-corrected chi connectivity index (χ4v) is 1.02. The molecule has 0 aromatic rings. The summed E-state index contributed by atoms with van der Waals surface area (Å²) in [6.45, 7) is 4.63. The molecule has 0 bridgehead atoms. The van der Waals surface area contributed by atoms with Crippen molar-refractivity contribution in [2.75, 3.05) is 6.61 Å². The number of aliphatic hydroxyl groups excluding tert-OH is 1. The number of allylic oxidation sites excluding steroid dienone is 4. The Bertz CT molecular complexity index is 159. The molecule has 0 aliphatic rings. The van der Waals surface area contributed by atoms with Gasteiger partial charge in [0.1, 0.15) is 0 Å². The average Bonchev–Trinajstić information content (AvgIpc) is 2.21. The quantitative estimate of drug-likeness (QED) is 0.267. The Balaban J connectivity index is -0.000000449. The molecule has 5 N–H and O–H groups in total. The Morgan fingerprint density at radius 2 is 2.07 bits per heavy atom. The smallest absolute Gasteiger partial charge is 0.0433 e. The van der Waals surface area contributed by atoms with Crippen LogP contribution in [0.4, 0.5) is 0 Å². The van der Waals surface area contributed by atoms with E-state index in [2.05, 4.69) is 43.8 Å². The van der Waals surface area contributed by atoms with Crippen molar-refractivity contribution in [3.63, 3.8) is 0 Å². The van der Waals surface area contributed by atoms with Crippen molar-refractivity contribution in [2.24, 2.45) is 11.7 Å². The molecule has 0 heterocycles. The van der Waals surface area contributed by atoms with Gasteiger partial charge >= 0.3 is 0 Å². The summed E-state index contributed by atoms with van der Waals surface area (Å²) in [5, 5.41) is 8.51. The molecule has 0 atom stereocenters. The highest BCUT2D eigenvalue weighted by Crippen LogP contribution is 2.03. The molecule has 0 saturated heterocycles. The lowest BCUT2D eigenvalue weighted by molar-refractivity contribution is 0.289. The molecule has 0 unspecified atom stereocenters. The van der Waals surface area contributed by atoms with Crippen LogP contribution in [0.15, 0.2) is 23.8 Å². The van der Waals surface area contributed by atoms with Crippen LogP contribution in [0, 0.1) is 0 Å². The molecular formula is C11H26N2O. The van der Waals surface area contributed by atoms with Crippen molar-refractivity contribution in [1.29, 1.82) is 0 Å². The zero-order valence-corrected chi connectivity index (χ0v) is 9.37. The van der Waals surface area contributed by atoms with Gasteiger partial charge in [0.25, 0.3) is 0 Å². The third-order valence-corrected chi connectivity index (χ3v) is 1.69. The first-order valence-electron chi connectivity index (χ1n) is 5.07. The van der Waals surface area contributed by atoms with Crippen molar-refractivity contribution in [3.8, 4) is 0 Å². The number of unbranched alkanes of at least 4 members (excludes halogenated alkanes) is 1. The lowest BCUT2D eigenvalue weighted by Crippen LogP contribution is -2.02. The predicted molar refractivity (Wildman–Crippen MR) is 64.6 cm³/mol. The van der Waals surface area contributed by atoms with Gasteiger partial charge in [-0.05, 0) is 26.2 Å². The van der Waals surface area contributed by atoms with Crippen molar-refractivity contribution in [2.45, 2.75) is 39.5 Å². The van der Waals surface area contributed by atoms with Gasteiger partial charge in [-0.1, -0.05) is 37.1 Å². The Morgan fingerprint density at radius 3 is 2.57 bits per heavy atom. The average molecular weight is 202 g/mol. The second kappa shape index (κ2) is 14.9. The van der Waals surface area contributed by atoms with Gasteiger partial charge in [-0.15, -0.1) is 0 Å². The van der Waals surface area contributed by atoms with E-state index in [-0.39, 0.29) is 1.43 Å². The Labute approximate surface area is 88.9 Å². The minimum Gasteiger partial charge on any atom is -0.396 e. The van der Waals surface area contributed by atoms with Gasteiger partial charge in [0.05, 0.1) is 0 Å². The van der Waals surface area contributed by atoms with Gasteiger partial charge < -0.3 is 5.11 Å². The summed E-state index contributed by atoms with van der Waals surface area (Å²) in [4.78, 5) is 0. The summed E-state index contributed by atoms with van der Waals surface area (Å²) in [5.74, 6) is 8.00. The first kappa shape index (κ1) is 15.8. The molecule has 0 amide bonds. The highest BCUT2D eigenvalue weighted by Gasteiger charge is 1.83. The van der Waals surface area contributed by atoms with Crippen LogP contribution in [-0.2, 0) is 0 Å². The maximum absolute atomic E-state index is 8.51. The number of hydrogen-bond donors (Lipinski definition) is 3. The molecule has 0 aliphatic carbocycles. The van der Waals surface area contributed by atoms with Gasteiger partial charge in [0.2, 0.25) is 0 Å². The van der Waals surface area contributed by atoms with E-state index < -0.39 is 0 Å². The number of hydrazine groups is 1. The second-order valence-corrected chi connectivity index (χ2v) is 3.06. The Morgan fingerprint density at radius 1 is 1.43 bits per heavy atom. The first-order chi connectivity index (χ1) is 6.81. The van der Waals surface area contributed by atoms with Crippen LogP contribution in [0.3, 0.4) is 0 Å². The molecule has 14 heavy (non-hydrogen) atoms. The molecule has 0 radical (unpaired) electrons. The van der Waals surface area contributed by atoms with E-state index in [9.17, 15) is 0 Å². The van der Waals surface area contributed by atoms with E-state index in [4.69, 9.17) is 5.11 Å². The third-order valence-electron chi connectivity index (χ3n) is 1.69. The molecular weight excluding hydrogens is 176 g/mol. The van der Waals surface area contributed by atoms with Gasteiger partial charge in [-0.2, -0.15) is 0 Å².